The largest absolute Gasteiger partial charge is 0.256 e. The Hall–Kier alpha value is -6.60. The molecule has 0 radical (unpaired) electrons. The van der Waals surface area contributed by atoms with Crippen LogP contribution in [0.15, 0.2) is 170 Å². The lowest BCUT2D eigenvalue weighted by Crippen LogP contribution is -2.29. The molecule has 0 saturated carbocycles. The third kappa shape index (κ3) is 3.90. The number of rotatable bonds is 2. The van der Waals surface area contributed by atoms with Crippen molar-refractivity contribution in [2.24, 2.45) is 0 Å². The summed E-state index contributed by atoms with van der Waals surface area (Å²) in [5.41, 5.74) is 17.1. The van der Waals surface area contributed by atoms with E-state index in [-0.39, 0.29) is 0 Å². The second-order valence-corrected chi connectivity index (χ2v) is 14.8. The molecule has 7 aromatic carbocycles. The predicted molar refractivity (Wildman–Crippen MR) is 214 cm³/mol. The third-order valence-corrected chi connectivity index (χ3v) is 12.4. The van der Waals surface area contributed by atoms with Crippen LogP contribution in [0.4, 0.5) is 0 Å². The number of thiophene rings is 1. The van der Waals surface area contributed by atoms with Crippen LogP contribution in [0.5, 0.6) is 0 Å². The van der Waals surface area contributed by atoms with Crippen LogP contribution in [0.1, 0.15) is 27.8 Å². The van der Waals surface area contributed by atoms with Crippen molar-refractivity contribution in [1.29, 1.82) is 5.26 Å². The van der Waals surface area contributed by atoms with Crippen molar-refractivity contribution in [1.82, 2.24) is 4.98 Å². The van der Waals surface area contributed by atoms with Crippen LogP contribution in [-0.4, -0.2) is 4.98 Å². The van der Waals surface area contributed by atoms with Crippen molar-refractivity contribution in [3.63, 3.8) is 0 Å². The summed E-state index contributed by atoms with van der Waals surface area (Å²) in [4.78, 5) is 4.92. The molecule has 1 atom stereocenters. The van der Waals surface area contributed by atoms with Crippen LogP contribution in [0.2, 0.25) is 0 Å². The summed E-state index contributed by atoms with van der Waals surface area (Å²) in [6.45, 7) is 0. The highest BCUT2D eigenvalue weighted by atomic mass is 32.1. The van der Waals surface area contributed by atoms with Crippen LogP contribution in [0.3, 0.4) is 0 Å². The van der Waals surface area contributed by atoms with Crippen LogP contribution < -0.4 is 0 Å². The molecule has 1 unspecified atom stereocenters. The number of pyridine rings is 1. The van der Waals surface area contributed by atoms with E-state index < -0.39 is 5.41 Å². The summed E-state index contributed by atoms with van der Waals surface area (Å²) in [6.07, 6.45) is 1.98. The molecule has 1 spiro atoms. The van der Waals surface area contributed by atoms with Gasteiger partial charge in [-0.2, -0.15) is 5.26 Å². The SMILES string of the molecule is N#Cc1ccc(-c2ccc(-c3ccc4c(c3)C3(c5ccccc5-c5ccccc5-4)c4ccccc4-c4c3ccc3c4sc4ccccc43)cn2)cc1. The van der Waals surface area contributed by atoms with E-state index >= 15 is 0 Å². The average Bonchev–Trinajstić information content (AvgIpc) is 3.71. The lowest BCUT2D eigenvalue weighted by molar-refractivity contribution is 0.776. The maximum Gasteiger partial charge on any atom is 0.0991 e. The molecule has 2 aliphatic rings. The van der Waals surface area contributed by atoms with E-state index in [1.807, 2.05) is 41.8 Å². The number of nitriles is 1. The monoisotopic (exact) mass is 676 g/mol. The Morgan fingerprint density at radius 3 is 1.87 bits per heavy atom. The molecule has 0 aliphatic heterocycles. The highest BCUT2D eigenvalue weighted by molar-refractivity contribution is 7.26. The lowest BCUT2D eigenvalue weighted by atomic mass is 9.65. The molecular weight excluding hydrogens is 649 g/mol. The minimum atomic E-state index is -0.562. The number of aromatic nitrogens is 1. The van der Waals surface area contributed by atoms with E-state index in [9.17, 15) is 5.26 Å². The topological polar surface area (TPSA) is 36.7 Å². The Balaban J connectivity index is 1.22. The Morgan fingerprint density at radius 1 is 0.481 bits per heavy atom. The first-order valence-corrected chi connectivity index (χ1v) is 18.4. The molecule has 52 heavy (non-hydrogen) atoms. The highest BCUT2D eigenvalue weighted by Crippen LogP contribution is 2.63. The van der Waals surface area contributed by atoms with E-state index in [2.05, 4.69) is 146 Å². The maximum atomic E-state index is 9.27. The van der Waals surface area contributed by atoms with Gasteiger partial charge in [0.15, 0.2) is 0 Å². The molecule has 9 aromatic rings. The minimum Gasteiger partial charge on any atom is -0.256 e. The van der Waals surface area contributed by atoms with E-state index in [0.29, 0.717) is 5.56 Å². The van der Waals surface area contributed by atoms with Gasteiger partial charge in [0.05, 0.1) is 22.7 Å². The van der Waals surface area contributed by atoms with Crippen molar-refractivity contribution >= 4 is 31.5 Å². The van der Waals surface area contributed by atoms with Crippen molar-refractivity contribution in [2.45, 2.75) is 5.41 Å². The standard InChI is InChI=1S/C49H28N2S/c50-28-30-17-19-31(20-18-30)45-26-22-33(29-51-45)32-21-23-37-35-10-2-1-9-34(35)36-11-3-6-14-41(36)49(44(37)27-32)42-15-7-4-13-40(42)47-43(49)25-24-39-38-12-5-8-16-46(38)52-48(39)47/h1-27,29H. The number of benzene rings is 7. The van der Waals surface area contributed by atoms with Gasteiger partial charge in [-0.1, -0.05) is 133 Å². The molecule has 2 aromatic heterocycles. The van der Waals surface area contributed by atoms with Gasteiger partial charge in [-0.3, -0.25) is 4.98 Å². The Kier molecular flexibility index (Phi) is 6.14. The minimum absolute atomic E-state index is 0.562. The van der Waals surface area contributed by atoms with Gasteiger partial charge in [-0.05, 0) is 86.0 Å². The maximum absolute atomic E-state index is 9.27. The zero-order chi connectivity index (χ0) is 34.4. The van der Waals surface area contributed by atoms with Crippen molar-refractivity contribution in [3.8, 4) is 61.8 Å². The highest BCUT2D eigenvalue weighted by Gasteiger charge is 2.50. The number of hydrogen-bond donors (Lipinski definition) is 0. The number of fused-ring (bicyclic) bond motifs is 16. The number of nitrogens with zero attached hydrogens (tertiary/aromatic N) is 2. The fraction of sp³-hybridized carbons (Fsp3) is 0.0204. The summed E-state index contributed by atoms with van der Waals surface area (Å²) in [7, 11) is 0. The first kappa shape index (κ1) is 29.2. The van der Waals surface area contributed by atoms with Gasteiger partial charge in [-0.15, -0.1) is 11.3 Å². The first-order valence-electron chi connectivity index (χ1n) is 17.6. The fourth-order valence-electron chi connectivity index (χ4n) is 8.99. The molecule has 2 aliphatic carbocycles. The van der Waals surface area contributed by atoms with Gasteiger partial charge in [0.25, 0.3) is 0 Å². The Bertz CT molecular complexity index is 2960. The lowest BCUT2D eigenvalue weighted by Gasteiger charge is -2.35. The quantitative estimate of drug-likeness (QED) is 0.183. The zero-order valence-corrected chi connectivity index (χ0v) is 28.8. The molecule has 0 saturated heterocycles. The van der Waals surface area contributed by atoms with Crippen LogP contribution in [0, 0.1) is 11.3 Å². The van der Waals surface area contributed by atoms with Crippen molar-refractivity contribution < 1.29 is 0 Å². The molecule has 240 valence electrons. The van der Waals surface area contributed by atoms with Gasteiger partial charge in [0.2, 0.25) is 0 Å². The van der Waals surface area contributed by atoms with Crippen molar-refractivity contribution in [2.75, 3.05) is 0 Å². The summed E-state index contributed by atoms with van der Waals surface area (Å²) in [5.74, 6) is 0. The summed E-state index contributed by atoms with van der Waals surface area (Å²) in [5, 5.41) is 11.9. The van der Waals surface area contributed by atoms with Gasteiger partial charge < -0.3 is 0 Å². The van der Waals surface area contributed by atoms with Gasteiger partial charge in [-0.25, -0.2) is 0 Å². The molecule has 11 rings (SSSR count). The third-order valence-electron chi connectivity index (χ3n) is 11.2. The van der Waals surface area contributed by atoms with Gasteiger partial charge in [0, 0.05) is 43.1 Å². The molecule has 0 N–H and O–H groups in total. The molecule has 0 amide bonds. The predicted octanol–water partition coefficient (Wildman–Crippen LogP) is 12.7. The molecule has 3 heteroatoms. The van der Waals surface area contributed by atoms with Gasteiger partial charge >= 0.3 is 0 Å². The van der Waals surface area contributed by atoms with E-state index in [1.54, 1.807) is 0 Å². The van der Waals surface area contributed by atoms with E-state index in [1.165, 1.54) is 75.8 Å². The van der Waals surface area contributed by atoms with Crippen LogP contribution in [-0.2, 0) is 5.41 Å². The number of hydrogen-bond acceptors (Lipinski definition) is 3. The summed E-state index contributed by atoms with van der Waals surface area (Å²) in [6, 6.07) is 61.8. The van der Waals surface area contributed by atoms with Crippen molar-refractivity contribution in [3.05, 3.63) is 198 Å². The fourth-order valence-corrected chi connectivity index (χ4v) is 10.2. The van der Waals surface area contributed by atoms with E-state index in [4.69, 9.17) is 4.98 Å². The molecule has 2 heterocycles. The molecule has 0 bridgehead atoms. The van der Waals surface area contributed by atoms with E-state index in [0.717, 1.165) is 22.4 Å². The van der Waals surface area contributed by atoms with Gasteiger partial charge in [0.1, 0.15) is 0 Å². The van der Waals surface area contributed by atoms with Crippen LogP contribution in [0.25, 0.3) is 75.9 Å². The summed E-state index contributed by atoms with van der Waals surface area (Å²) >= 11 is 1.91. The Morgan fingerprint density at radius 2 is 1.12 bits per heavy atom. The molecule has 0 fully saturated rings. The normalized spacial score (nSPS) is 15.0. The molecular formula is C49H28N2S. The second kappa shape index (κ2) is 10.9. The van der Waals surface area contributed by atoms with Crippen LogP contribution >= 0.6 is 11.3 Å². The average molecular weight is 677 g/mol. The first-order chi connectivity index (χ1) is 25.7. The zero-order valence-electron chi connectivity index (χ0n) is 28.0. The summed E-state index contributed by atoms with van der Waals surface area (Å²) < 4.78 is 2.67. The smallest absolute Gasteiger partial charge is 0.0991 e. The molecule has 2 nitrogen and oxygen atoms in total. The Labute approximate surface area is 305 Å². The second-order valence-electron chi connectivity index (χ2n) is 13.7.